The fourth-order valence-corrected chi connectivity index (χ4v) is 2.25. The van der Waals surface area contributed by atoms with Gasteiger partial charge in [-0.3, -0.25) is 9.79 Å². The van der Waals surface area contributed by atoms with Gasteiger partial charge in [0.2, 0.25) is 5.91 Å². The molecule has 0 aliphatic rings. The van der Waals surface area contributed by atoms with Crippen LogP contribution in [0.3, 0.4) is 0 Å². The number of nitrogens with zero attached hydrogens (tertiary/aromatic N) is 1. The Labute approximate surface area is 146 Å². The summed E-state index contributed by atoms with van der Waals surface area (Å²) in [5.41, 5.74) is 8.54. The SMILES string of the molecule is NC(=O)c1ccc(N=Cc2ccc(OCc3ccccc3)cc2)cc1. The van der Waals surface area contributed by atoms with E-state index in [-0.39, 0.29) is 0 Å². The Hall–Kier alpha value is -3.40. The minimum atomic E-state index is -0.443. The third kappa shape index (κ3) is 4.78. The van der Waals surface area contributed by atoms with E-state index in [2.05, 4.69) is 4.99 Å². The second kappa shape index (κ2) is 7.93. The van der Waals surface area contributed by atoms with Crippen molar-refractivity contribution in [1.29, 1.82) is 0 Å². The summed E-state index contributed by atoms with van der Waals surface area (Å²) in [6.07, 6.45) is 1.76. The maximum absolute atomic E-state index is 11.0. The Morgan fingerprint density at radius 2 is 1.60 bits per heavy atom. The number of benzene rings is 3. The Morgan fingerprint density at radius 1 is 0.920 bits per heavy atom. The first-order valence-corrected chi connectivity index (χ1v) is 7.91. The second-order valence-electron chi connectivity index (χ2n) is 5.51. The van der Waals surface area contributed by atoms with Gasteiger partial charge in [0.1, 0.15) is 12.4 Å². The van der Waals surface area contributed by atoms with Gasteiger partial charge in [0.05, 0.1) is 5.69 Å². The number of carbonyl (C=O) groups is 1. The van der Waals surface area contributed by atoms with Crippen LogP contribution in [-0.4, -0.2) is 12.1 Å². The van der Waals surface area contributed by atoms with Crippen molar-refractivity contribution >= 4 is 17.8 Å². The normalized spacial score (nSPS) is 10.7. The molecule has 0 heterocycles. The molecule has 3 rings (SSSR count). The van der Waals surface area contributed by atoms with E-state index in [4.69, 9.17) is 10.5 Å². The molecule has 1 amide bonds. The molecule has 2 N–H and O–H groups in total. The number of primary amides is 1. The van der Waals surface area contributed by atoms with E-state index < -0.39 is 5.91 Å². The highest BCUT2D eigenvalue weighted by Gasteiger charge is 1.99. The highest BCUT2D eigenvalue weighted by molar-refractivity contribution is 5.93. The lowest BCUT2D eigenvalue weighted by atomic mass is 10.2. The van der Waals surface area contributed by atoms with E-state index in [1.807, 2.05) is 54.6 Å². The minimum absolute atomic E-state index is 0.443. The van der Waals surface area contributed by atoms with E-state index in [1.54, 1.807) is 30.5 Å². The molecule has 0 atom stereocenters. The van der Waals surface area contributed by atoms with Crippen LogP contribution in [0.2, 0.25) is 0 Å². The summed E-state index contributed by atoms with van der Waals surface area (Å²) in [7, 11) is 0. The summed E-state index contributed by atoms with van der Waals surface area (Å²) in [6, 6.07) is 24.6. The van der Waals surface area contributed by atoms with E-state index in [1.165, 1.54) is 0 Å². The molecular formula is C21H18N2O2. The van der Waals surface area contributed by atoms with Gasteiger partial charge in [0.25, 0.3) is 0 Å². The lowest BCUT2D eigenvalue weighted by Gasteiger charge is -2.06. The molecule has 4 heteroatoms. The van der Waals surface area contributed by atoms with Gasteiger partial charge in [0, 0.05) is 11.8 Å². The third-order valence-corrected chi connectivity index (χ3v) is 3.64. The van der Waals surface area contributed by atoms with Crippen LogP contribution in [0, 0.1) is 0 Å². The zero-order valence-corrected chi connectivity index (χ0v) is 13.6. The molecule has 3 aromatic rings. The average molecular weight is 330 g/mol. The van der Waals surface area contributed by atoms with Crippen molar-refractivity contribution in [1.82, 2.24) is 0 Å². The summed E-state index contributed by atoms with van der Waals surface area (Å²) >= 11 is 0. The van der Waals surface area contributed by atoms with E-state index in [9.17, 15) is 4.79 Å². The molecule has 3 aromatic carbocycles. The molecule has 4 nitrogen and oxygen atoms in total. The molecule has 0 unspecified atom stereocenters. The summed E-state index contributed by atoms with van der Waals surface area (Å²) in [4.78, 5) is 15.4. The van der Waals surface area contributed by atoms with Crippen LogP contribution in [0.1, 0.15) is 21.5 Å². The van der Waals surface area contributed by atoms with Gasteiger partial charge < -0.3 is 10.5 Å². The molecule has 0 fully saturated rings. The lowest BCUT2D eigenvalue weighted by Crippen LogP contribution is -2.10. The summed E-state index contributed by atoms with van der Waals surface area (Å²) in [5.74, 6) is 0.369. The first kappa shape index (κ1) is 16.5. The van der Waals surface area contributed by atoms with Crippen molar-refractivity contribution < 1.29 is 9.53 Å². The van der Waals surface area contributed by atoms with Gasteiger partial charge >= 0.3 is 0 Å². The Morgan fingerprint density at radius 3 is 2.24 bits per heavy atom. The van der Waals surface area contributed by atoms with Crippen molar-refractivity contribution in [2.24, 2.45) is 10.7 Å². The predicted molar refractivity (Wildman–Crippen MR) is 99.4 cm³/mol. The number of aliphatic imine (C=N–C) groups is 1. The van der Waals surface area contributed by atoms with E-state index in [0.717, 1.165) is 22.6 Å². The number of ether oxygens (including phenoxy) is 1. The van der Waals surface area contributed by atoms with E-state index >= 15 is 0 Å². The van der Waals surface area contributed by atoms with Crippen molar-refractivity contribution in [3.05, 3.63) is 95.6 Å². The monoisotopic (exact) mass is 330 g/mol. The fraction of sp³-hybridized carbons (Fsp3) is 0.0476. The number of rotatable bonds is 6. The Bertz CT molecular complexity index is 855. The van der Waals surface area contributed by atoms with Crippen LogP contribution < -0.4 is 10.5 Å². The zero-order valence-electron chi connectivity index (χ0n) is 13.6. The smallest absolute Gasteiger partial charge is 0.248 e. The maximum Gasteiger partial charge on any atom is 0.248 e. The van der Waals surface area contributed by atoms with Gasteiger partial charge in [0.15, 0.2) is 0 Å². The molecule has 0 radical (unpaired) electrons. The van der Waals surface area contributed by atoms with Gasteiger partial charge in [-0.2, -0.15) is 0 Å². The highest BCUT2D eigenvalue weighted by Crippen LogP contribution is 2.16. The largest absolute Gasteiger partial charge is 0.489 e. The van der Waals surface area contributed by atoms with Crippen molar-refractivity contribution in [2.45, 2.75) is 6.61 Å². The van der Waals surface area contributed by atoms with Gasteiger partial charge in [-0.1, -0.05) is 30.3 Å². The number of carbonyl (C=O) groups excluding carboxylic acids is 1. The molecule has 0 saturated heterocycles. The van der Waals surface area contributed by atoms with Crippen LogP contribution in [0.15, 0.2) is 83.9 Å². The Balaban J connectivity index is 1.59. The molecule has 0 spiro atoms. The number of nitrogens with two attached hydrogens (primary N) is 1. The highest BCUT2D eigenvalue weighted by atomic mass is 16.5. The standard InChI is InChI=1S/C21H18N2O2/c22-21(24)18-8-10-19(11-9-18)23-14-16-6-12-20(13-7-16)25-15-17-4-2-1-3-5-17/h1-14H,15H2,(H2,22,24). The topological polar surface area (TPSA) is 64.7 Å². The molecule has 0 aromatic heterocycles. The van der Waals surface area contributed by atoms with Gasteiger partial charge in [-0.05, 0) is 59.7 Å². The van der Waals surface area contributed by atoms with Gasteiger partial charge in [-0.25, -0.2) is 0 Å². The third-order valence-electron chi connectivity index (χ3n) is 3.64. The minimum Gasteiger partial charge on any atom is -0.489 e. The number of amides is 1. The molecule has 25 heavy (non-hydrogen) atoms. The molecular weight excluding hydrogens is 312 g/mol. The number of hydrogen-bond acceptors (Lipinski definition) is 3. The van der Waals surface area contributed by atoms with Crippen LogP contribution in [0.25, 0.3) is 0 Å². The molecule has 0 saturated carbocycles. The van der Waals surface area contributed by atoms with Gasteiger partial charge in [-0.15, -0.1) is 0 Å². The van der Waals surface area contributed by atoms with Crippen molar-refractivity contribution in [2.75, 3.05) is 0 Å². The quantitative estimate of drug-likeness (QED) is 0.691. The van der Waals surface area contributed by atoms with Crippen LogP contribution in [0.5, 0.6) is 5.75 Å². The average Bonchev–Trinajstić information content (AvgIpc) is 2.67. The first-order valence-electron chi connectivity index (χ1n) is 7.91. The maximum atomic E-state index is 11.0. The van der Waals surface area contributed by atoms with Crippen LogP contribution >= 0.6 is 0 Å². The summed E-state index contributed by atoms with van der Waals surface area (Å²) in [6.45, 7) is 0.542. The summed E-state index contributed by atoms with van der Waals surface area (Å²) in [5, 5.41) is 0. The van der Waals surface area contributed by atoms with E-state index in [0.29, 0.717) is 12.2 Å². The summed E-state index contributed by atoms with van der Waals surface area (Å²) < 4.78 is 5.76. The molecule has 124 valence electrons. The first-order chi connectivity index (χ1) is 12.2. The van der Waals surface area contributed by atoms with Crippen molar-refractivity contribution in [3.8, 4) is 5.75 Å². The second-order valence-corrected chi connectivity index (χ2v) is 5.51. The molecule has 0 aliphatic carbocycles. The molecule has 0 aliphatic heterocycles. The number of hydrogen-bond donors (Lipinski definition) is 1. The van der Waals surface area contributed by atoms with Crippen molar-refractivity contribution in [3.63, 3.8) is 0 Å². The zero-order chi connectivity index (χ0) is 17.5. The predicted octanol–water partition coefficient (Wildman–Crippen LogP) is 4.12. The molecule has 0 bridgehead atoms. The Kier molecular flexibility index (Phi) is 5.22. The fourth-order valence-electron chi connectivity index (χ4n) is 2.25. The van der Waals surface area contributed by atoms with Crippen LogP contribution in [-0.2, 0) is 6.61 Å². The van der Waals surface area contributed by atoms with Crippen LogP contribution in [0.4, 0.5) is 5.69 Å². The lowest BCUT2D eigenvalue weighted by molar-refractivity contribution is 0.100.